The van der Waals surface area contributed by atoms with Crippen LogP contribution in [0.1, 0.15) is 62.6 Å². The van der Waals surface area contributed by atoms with Crippen LogP contribution in [-0.4, -0.2) is 99.6 Å². The number of fused-ring (bicyclic) bond motifs is 3. The van der Waals surface area contributed by atoms with Crippen LogP contribution in [0.4, 0.5) is 21.0 Å². The molecule has 0 bridgehead atoms. The second-order valence-electron chi connectivity index (χ2n) is 16.3. The maximum atomic E-state index is 14.1. The van der Waals surface area contributed by atoms with E-state index in [9.17, 15) is 19.2 Å². The van der Waals surface area contributed by atoms with Crippen molar-refractivity contribution < 1.29 is 33.4 Å². The van der Waals surface area contributed by atoms with Crippen LogP contribution in [0.2, 0.25) is 0 Å². The van der Waals surface area contributed by atoms with Gasteiger partial charge in [0.25, 0.3) is 0 Å². The first-order valence-corrected chi connectivity index (χ1v) is 20.8. The van der Waals surface area contributed by atoms with E-state index in [1.165, 1.54) is 0 Å². The number of alkyl carbamates (subject to hydrolysis) is 2. The predicted molar refractivity (Wildman–Crippen MR) is 233 cm³/mol. The monoisotopic (exact) mass is 818 g/mol. The topological polar surface area (TPSA) is 151 Å². The van der Waals surface area contributed by atoms with Gasteiger partial charge in [0.05, 0.1) is 13.2 Å². The molecule has 6 rings (SSSR count). The van der Waals surface area contributed by atoms with Gasteiger partial charge >= 0.3 is 12.2 Å². The van der Waals surface area contributed by atoms with Crippen LogP contribution in [0.5, 0.6) is 0 Å². The Kier molecular flexibility index (Phi) is 15.2. The number of carbonyl (C=O) groups is 4. The SMILES string of the molecule is CN1CCN(c2cccc(NC(=O)[C@H](CCCCNC(=O)OC(C)(C)C)NC(=O)[C@H](COCc3ccccc3)NC(=O)OCC3c4ccccc4-c4ccccc43)c2)CC1. The number of carbonyl (C=O) groups excluding carboxylic acids is 4. The second kappa shape index (κ2) is 20.9. The highest BCUT2D eigenvalue weighted by Gasteiger charge is 2.31. The number of hydrogen-bond donors (Lipinski definition) is 4. The average Bonchev–Trinajstić information content (AvgIpc) is 3.55. The molecule has 0 unspecified atom stereocenters. The fourth-order valence-corrected chi connectivity index (χ4v) is 7.43. The van der Waals surface area contributed by atoms with Crippen molar-refractivity contribution in [3.8, 4) is 11.1 Å². The normalized spacial score (nSPS) is 14.9. The number of nitrogens with zero attached hydrogens (tertiary/aromatic N) is 2. The second-order valence-corrected chi connectivity index (χ2v) is 16.3. The summed E-state index contributed by atoms with van der Waals surface area (Å²) in [6, 6.07) is 31.1. The molecule has 13 heteroatoms. The van der Waals surface area contributed by atoms with Crippen LogP contribution in [-0.2, 0) is 30.4 Å². The Hall–Kier alpha value is -5.92. The zero-order valence-corrected chi connectivity index (χ0v) is 35.1. The number of ether oxygens (including phenoxy) is 3. The Bertz CT molecular complexity index is 2020. The fourth-order valence-electron chi connectivity index (χ4n) is 7.43. The quantitative estimate of drug-likeness (QED) is 0.0856. The molecule has 0 aromatic heterocycles. The minimum atomic E-state index is -1.19. The minimum absolute atomic E-state index is 0.0641. The van der Waals surface area contributed by atoms with Crippen LogP contribution in [0.3, 0.4) is 0 Å². The van der Waals surface area contributed by atoms with Gasteiger partial charge in [0.2, 0.25) is 11.8 Å². The van der Waals surface area contributed by atoms with Gasteiger partial charge in [-0.1, -0.05) is 84.9 Å². The first-order chi connectivity index (χ1) is 28.9. The number of benzene rings is 4. The van der Waals surface area contributed by atoms with Gasteiger partial charge in [0.15, 0.2) is 0 Å². The Morgan fingerprint density at radius 3 is 2.08 bits per heavy atom. The van der Waals surface area contributed by atoms with Gasteiger partial charge in [-0.3, -0.25) is 9.59 Å². The molecule has 1 aliphatic carbocycles. The molecule has 2 aliphatic rings. The molecule has 4 aromatic rings. The first kappa shape index (κ1) is 43.7. The van der Waals surface area contributed by atoms with Crippen LogP contribution in [0.15, 0.2) is 103 Å². The standard InChI is InChI=1S/C47H58N6O7/c1-47(2,3)60-45(56)48-24-13-12-23-41(43(54)49-34-17-14-18-35(29-34)53-27-25-52(4)26-28-53)50-44(55)42(32-58-30-33-15-6-5-7-16-33)51-46(57)59-31-40-38-21-10-8-19-36(38)37-20-9-11-22-39(37)40/h5-11,14-22,29,40-42H,12-13,23-28,30-32H2,1-4H3,(H,48,56)(H,49,54)(H,50,55)(H,51,57)/t41-,42-/m0/s1. The van der Waals surface area contributed by atoms with Crippen molar-refractivity contribution in [2.45, 2.75) is 70.2 Å². The first-order valence-electron chi connectivity index (χ1n) is 20.8. The van der Waals surface area contributed by atoms with Gasteiger partial charge in [-0.15, -0.1) is 0 Å². The van der Waals surface area contributed by atoms with E-state index in [4.69, 9.17) is 14.2 Å². The summed E-state index contributed by atoms with van der Waals surface area (Å²) in [6.45, 7) is 9.41. The smallest absolute Gasteiger partial charge is 0.407 e. The van der Waals surface area contributed by atoms with Crippen molar-refractivity contribution in [1.82, 2.24) is 20.9 Å². The van der Waals surface area contributed by atoms with Crippen LogP contribution >= 0.6 is 0 Å². The summed E-state index contributed by atoms with van der Waals surface area (Å²) in [5, 5.41) is 11.4. The molecule has 4 aromatic carbocycles. The maximum absolute atomic E-state index is 14.1. The number of likely N-dealkylation sites (N-methyl/N-ethyl adjacent to an activating group) is 1. The van der Waals surface area contributed by atoms with Gasteiger partial charge < -0.3 is 45.3 Å². The summed E-state index contributed by atoms with van der Waals surface area (Å²) in [4.78, 5) is 58.5. The number of amides is 4. The van der Waals surface area contributed by atoms with Gasteiger partial charge in [-0.2, -0.15) is 0 Å². The highest BCUT2D eigenvalue weighted by atomic mass is 16.6. The Balaban J connectivity index is 1.14. The lowest BCUT2D eigenvalue weighted by atomic mass is 9.98. The average molecular weight is 819 g/mol. The molecule has 60 heavy (non-hydrogen) atoms. The lowest BCUT2D eigenvalue weighted by molar-refractivity contribution is -0.129. The maximum Gasteiger partial charge on any atom is 0.407 e. The molecule has 1 fully saturated rings. The lowest BCUT2D eigenvalue weighted by Gasteiger charge is -2.34. The Morgan fingerprint density at radius 1 is 0.733 bits per heavy atom. The fraction of sp³-hybridized carbons (Fsp3) is 0.404. The van der Waals surface area contributed by atoms with Crippen LogP contribution < -0.4 is 26.2 Å². The highest BCUT2D eigenvalue weighted by molar-refractivity contribution is 5.98. The van der Waals surface area contributed by atoms with Gasteiger partial charge in [0.1, 0.15) is 24.3 Å². The molecule has 0 spiro atoms. The number of anilines is 2. The third-order valence-corrected chi connectivity index (χ3v) is 10.6. The highest BCUT2D eigenvalue weighted by Crippen LogP contribution is 2.44. The zero-order chi connectivity index (χ0) is 42.5. The van der Waals surface area contributed by atoms with E-state index in [-0.39, 0.29) is 32.2 Å². The lowest BCUT2D eigenvalue weighted by Crippen LogP contribution is -2.54. The zero-order valence-electron chi connectivity index (χ0n) is 35.1. The van der Waals surface area contributed by atoms with Crippen molar-refractivity contribution >= 4 is 35.4 Å². The van der Waals surface area contributed by atoms with Gasteiger partial charge in [-0.25, -0.2) is 9.59 Å². The van der Waals surface area contributed by atoms with Crippen molar-refractivity contribution in [3.63, 3.8) is 0 Å². The number of unbranched alkanes of at least 4 members (excludes halogenated alkanes) is 1. The molecule has 0 saturated carbocycles. The van der Waals surface area contributed by atoms with Gasteiger partial charge in [-0.05, 0) is 93.1 Å². The third-order valence-electron chi connectivity index (χ3n) is 10.6. The van der Waals surface area contributed by atoms with Crippen molar-refractivity contribution in [3.05, 3.63) is 120 Å². The van der Waals surface area contributed by atoms with Crippen molar-refractivity contribution in [2.24, 2.45) is 0 Å². The van der Waals surface area contributed by atoms with Crippen LogP contribution in [0.25, 0.3) is 11.1 Å². The van der Waals surface area contributed by atoms with Crippen molar-refractivity contribution in [1.29, 1.82) is 0 Å². The van der Waals surface area contributed by atoms with E-state index in [1.807, 2.05) is 91.0 Å². The molecule has 13 nitrogen and oxygen atoms in total. The molecule has 318 valence electrons. The number of nitrogens with one attached hydrogen (secondary N) is 4. The van der Waals surface area contributed by atoms with Crippen LogP contribution in [0, 0.1) is 0 Å². The molecule has 2 atom stereocenters. The summed E-state index contributed by atoms with van der Waals surface area (Å²) in [5.41, 5.74) is 6.20. The molecule has 1 aliphatic heterocycles. The number of rotatable bonds is 17. The van der Waals surface area contributed by atoms with E-state index in [0.717, 1.165) is 59.7 Å². The predicted octanol–water partition coefficient (Wildman–Crippen LogP) is 6.68. The third kappa shape index (κ3) is 12.5. The summed E-state index contributed by atoms with van der Waals surface area (Å²) in [5.74, 6) is -1.18. The molecule has 4 N–H and O–H groups in total. The molecule has 1 saturated heterocycles. The molecule has 0 radical (unpaired) electrons. The van der Waals surface area contributed by atoms with E-state index in [1.54, 1.807) is 20.8 Å². The molecule has 1 heterocycles. The Morgan fingerprint density at radius 2 is 1.40 bits per heavy atom. The van der Waals surface area contributed by atoms with E-state index in [2.05, 4.69) is 50.2 Å². The molecular weight excluding hydrogens is 761 g/mol. The molecular formula is C47H58N6O7. The van der Waals surface area contributed by atoms with Crippen molar-refractivity contribution in [2.75, 3.05) is 63.2 Å². The summed E-state index contributed by atoms with van der Waals surface area (Å²) < 4.78 is 17.1. The number of hydrogen-bond acceptors (Lipinski definition) is 9. The summed E-state index contributed by atoms with van der Waals surface area (Å²) >= 11 is 0. The summed E-state index contributed by atoms with van der Waals surface area (Å²) in [7, 11) is 2.10. The minimum Gasteiger partial charge on any atom is -0.449 e. The molecule has 4 amide bonds. The largest absolute Gasteiger partial charge is 0.449 e. The van der Waals surface area contributed by atoms with E-state index < -0.39 is 41.7 Å². The Labute approximate surface area is 353 Å². The van der Waals surface area contributed by atoms with E-state index >= 15 is 0 Å². The van der Waals surface area contributed by atoms with Gasteiger partial charge in [0, 0.05) is 50.0 Å². The summed E-state index contributed by atoms with van der Waals surface area (Å²) in [6.07, 6.45) is -0.0312. The number of piperazine rings is 1. The van der Waals surface area contributed by atoms with E-state index in [0.29, 0.717) is 25.1 Å².